The molecule has 0 spiro atoms. The summed E-state index contributed by atoms with van der Waals surface area (Å²) in [6.45, 7) is 4.34. The SMILES string of the molecule is CCCCCCCCCCCCCCCCCCCC/C=C/C(O)C(CO)NC(=O)CCCCCCCCCCCCCCCCCCCCCCCC. The number of carbonyl (C=O) groups is 1. The molecule has 4 heteroatoms. The molecule has 0 bridgehead atoms. The standard InChI is InChI=1S/C50H99NO3/c1-3-5-7-9-11-13-15-17-19-21-23-25-26-28-30-32-34-36-38-40-42-44-46-50(54)51-48(47-52)49(53)45-43-41-39-37-35-33-31-29-27-24-22-20-18-16-14-12-10-8-6-4-2/h43,45,48-49,52-53H,3-42,44,46-47H2,1-2H3,(H,51,54)/b45-43+. The van der Waals surface area contributed by atoms with Gasteiger partial charge in [0.2, 0.25) is 5.91 Å². The molecule has 0 aromatic rings. The summed E-state index contributed by atoms with van der Waals surface area (Å²) in [5.41, 5.74) is 0. The van der Waals surface area contributed by atoms with Crippen LogP contribution in [0.2, 0.25) is 0 Å². The van der Waals surface area contributed by atoms with Crippen LogP contribution < -0.4 is 5.32 Å². The van der Waals surface area contributed by atoms with Gasteiger partial charge in [-0.3, -0.25) is 4.79 Å². The average molecular weight is 762 g/mol. The van der Waals surface area contributed by atoms with Crippen LogP contribution in [0.15, 0.2) is 12.2 Å². The van der Waals surface area contributed by atoms with Gasteiger partial charge in [0.15, 0.2) is 0 Å². The Hall–Kier alpha value is -0.870. The summed E-state index contributed by atoms with van der Waals surface area (Å²) in [6, 6.07) is -0.617. The Labute approximate surface area is 339 Å². The smallest absolute Gasteiger partial charge is 0.220 e. The fourth-order valence-corrected chi connectivity index (χ4v) is 7.95. The fraction of sp³-hybridized carbons (Fsp3) is 0.940. The van der Waals surface area contributed by atoms with Crippen molar-refractivity contribution in [1.82, 2.24) is 5.32 Å². The second-order valence-electron chi connectivity index (χ2n) is 17.2. The minimum Gasteiger partial charge on any atom is -0.394 e. The van der Waals surface area contributed by atoms with Gasteiger partial charge in [0.1, 0.15) is 0 Å². The van der Waals surface area contributed by atoms with Gasteiger partial charge >= 0.3 is 0 Å². The maximum absolute atomic E-state index is 12.4. The van der Waals surface area contributed by atoms with Crippen LogP contribution >= 0.6 is 0 Å². The first-order chi connectivity index (χ1) is 26.7. The summed E-state index contributed by atoms with van der Waals surface area (Å²) >= 11 is 0. The van der Waals surface area contributed by atoms with E-state index in [1.54, 1.807) is 6.08 Å². The van der Waals surface area contributed by atoms with Crippen LogP contribution in [0.1, 0.15) is 284 Å². The third kappa shape index (κ3) is 42.3. The Morgan fingerprint density at radius 2 is 0.685 bits per heavy atom. The number of hydrogen-bond donors (Lipinski definition) is 3. The van der Waals surface area contributed by atoms with E-state index in [0.29, 0.717) is 6.42 Å². The zero-order valence-electron chi connectivity index (χ0n) is 37.0. The molecular formula is C50H99NO3. The number of unbranched alkanes of at least 4 members (excludes halogenated alkanes) is 39. The van der Waals surface area contributed by atoms with Crippen molar-refractivity contribution in [1.29, 1.82) is 0 Å². The third-order valence-electron chi connectivity index (χ3n) is 11.8. The lowest BCUT2D eigenvalue weighted by Crippen LogP contribution is -2.45. The van der Waals surface area contributed by atoms with E-state index in [1.807, 2.05) is 6.08 Å². The summed E-state index contributed by atoms with van der Waals surface area (Å²) in [6.07, 6.45) is 59.1. The molecule has 0 fully saturated rings. The van der Waals surface area contributed by atoms with E-state index in [-0.39, 0.29) is 12.5 Å². The first-order valence-electron chi connectivity index (χ1n) is 24.9. The van der Waals surface area contributed by atoms with Crippen LogP contribution in [0.25, 0.3) is 0 Å². The van der Waals surface area contributed by atoms with Crippen LogP contribution in [0.4, 0.5) is 0 Å². The normalized spacial score (nSPS) is 12.9. The quantitative estimate of drug-likeness (QED) is 0.0427. The van der Waals surface area contributed by atoms with E-state index in [2.05, 4.69) is 19.2 Å². The molecule has 0 aliphatic heterocycles. The van der Waals surface area contributed by atoms with Crippen molar-refractivity contribution >= 4 is 5.91 Å². The summed E-state index contributed by atoms with van der Waals surface area (Å²) < 4.78 is 0. The van der Waals surface area contributed by atoms with Crippen molar-refractivity contribution in [3.8, 4) is 0 Å². The number of hydrogen-bond acceptors (Lipinski definition) is 3. The lowest BCUT2D eigenvalue weighted by atomic mass is 10.0. The molecule has 0 heterocycles. The molecule has 322 valence electrons. The minimum absolute atomic E-state index is 0.0573. The molecule has 4 nitrogen and oxygen atoms in total. The maximum atomic E-state index is 12.4. The van der Waals surface area contributed by atoms with Gasteiger partial charge in [-0.15, -0.1) is 0 Å². The highest BCUT2D eigenvalue weighted by Crippen LogP contribution is 2.17. The van der Waals surface area contributed by atoms with Crippen molar-refractivity contribution in [2.45, 2.75) is 296 Å². The van der Waals surface area contributed by atoms with Gasteiger partial charge in [-0.25, -0.2) is 0 Å². The van der Waals surface area contributed by atoms with Crippen LogP contribution in [-0.2, 0) is 4.79 Å². The van der Waals surface area contributed by atoms with Gasteiger partial charge < -0.3 is 15.5 Å². The predicted octanol–water partition coefficient (Wildman–Crippen LogP) is 15.8. The topological polar surface area (TPSA) is 69.6 Å². The molecule has 0 saturated carbocycles. The van der Waals surface area contributed by atoms with Crippen LogP contribution in [0.5, 0.6) is 0 Å². The van der Waals surface area contributed by atoms with Crippen LogP contribution in [-0.4, -0.2) is 34.9 Å². The van der Waals surface area contributed by atoms with Gasteiger partial charge in [0, 0.05) is 6.42 Å². The minimum atomic E-state index is -0.834. The Bertz CT molecular complexity index is 739. The van der Waals surface area contributed by atoms with Gasteiger partial charge in [0.25, 0.3) is 0 Å². The highest BCUT2D eigenvalue weighted by molar-refractivity contribution is 5.76. The van der Waals surface area contributed by atoms with Crippen molar-refractivity contribution in [3.63, 3.8) is 0 Å². The molecule has 0 aliphatic carbocycles. The zero-order valence-corrected chi connectivity index (χ0v) is 37.0. The number of nitrogens with one attached hydrogen (secondary N) is 1. The second kappa shape index (κ2) is 46.5. The highest BCUT2D eigenvalue weighted by Gasteiger charge is 2.18. The predicted molar refractivity (Wildman–Crippen MR) is 239 cm³/mol. The van der Waals surface area contributed by atoms with Crippen LogP contribution in [0, 0.1) is 0 Å². The van der Waals surface area contributed by atoms with Crippen molar-refractivity contribution in [3.05, 3.63) is 12.2 Å². The number of carbonyl (C=O) groups excluding carboxylic acids is 1. The molecule has 0 aromatic carbocycles. The largest absolute Gasteiger partial charge is 0.394 e. The molecule has 3 N–H and O–H groups in total. The summed E-state index contributed by atoms with van der Waals surface area (Å²) in [7, 11) is 0. The molecule has 0 aliphatic rings. The molecule has 0 aromatic heterocycles. The second-order valence-corrected chi connectivity index (χ2v) is 17.2. The lowest BCUT2D eigenvalue weighted by molar-refractivity contribution is -0.123. The third-order valence-corrected chi connectivity index (χ3v) is 11.8. The molecule has 1 amide bonds. The molecule has 0 radical (unpaired) electrons. The molecule has 0 saturated heterocycles. The maximum Gasteiger partial charge on any atom is 0.220 e. The summed E-state index contributed by atoms with van der Waals surface area (Å²) in [5, 5.41) is 23.1. The number of aliphatic hydroxyl groups excluding tert-OH is 2. The monoisotopic (exact) mass is 762 g/mol. The Morgan fingerprint density at radius 3 is 0.963 bits per heavy atom. The van der Waals surface area contributed by atoms with E-state index < -0.39 is 12.1 Å². The molecule has 2 unspecified atom stereocenters. The van der Waals surface area contributed by atoms with Gasteiger partial charge in [-0.1, -0.05) is 270 Å². The van der Waals surface area contributed by atoms with E-state index in [0.717, 1.165) is 25.7 Å². The molecule has 54 heavy (non-hydrogen) atoms. The van der Waals surface area contributed by atoms with Gasteiger partial charge in [-0.05, 0) is 19.3 Å². The van der Waals surface area contributed by atoms with E-state index in [1.165, 1.54) is 238 Å². The average Bonchev–Trinajstić information content (AvgIpc) is 3.18. The molecule has 2 atom stereocenters. The zero-order chi connectivity index (χ0) is 39.3. The molecule has 0 rings (SSSR count). The van der Waals surface area contributed by atoms with Gasteiger partial charge in [0.05, 0.1) is 18.8 Å². The number of allylic oxidation sites excluding steroid dienone is 1. The highest BCUT2D eigenvalue weighted by atomic mass is 16.3. The summed E-state index contributed by atoms with van der Waals surface area (Å²) in [4.78, 5) is 12.4. The number of aliphatic hydroxyl groups is 2. The first kappa shape index (κ1) is 53.1. The summed E-state index contributed by atoms with van der Waals surface area (Å²) in [5.74, 6) is -0.0573. The Balaban J connectivity index is 3.48. The fourth-order valence-electron chi connectivity index (χ4n) is 7.95. The van der Waals surface area contributed by atoms with Crippen molar-refractivity contribution in [2.75, 3.05) is 6.61 Å². The number of rotatable bonds is 46. The van der Waals surface area contributed by atoms with E-state index in [4.69, 9.17) is 0 Å². The van der Waals surface area contributed by atoms with Gasteiger partial charge in [-0.2, -0.15) is 0 Å². The Morgan fingerprint density at radius 1 is 0.426 bits per heavy atom. The first-order valence-corrected chi connectivity index (χ1v) is 24.9. The Kier molecular flexibility index (Phi) is 45.8. The van der Waals surface area contributed by atoms with Crippen LogP contribution in [0.3, 0.4) is 0 Å². The van der Waals surface area contributed by atoms with Crippen molar-refractivity contribution < 1.29 is 15.0 Å². The van der Waals surface area contributed by atoms with E-state index in [9.17, 15) is 15.0 Å². The molecular weight excluding hydrogens is 663 g/mol. The lowest BCUT2D eigenvalue weighted by Gasteiger charge is -2.20. The van der Waals surface area contributed by atoms with Crippen molar-refractivity contribution in [2.24, 2.45) is 0 Å². The van der Waals surface area contributed by atoms with E-state index >= 15 is 0 Å². The number of amides is 1.